The van der Waals surface area contributed by atoms with Crippen molar-refractivity contribution in [1.82, 2.24) is 0 Å². The molecule has 0 heterocycles. The van der Waals surface area contributed by atoms with Crippen molar-refractivity contribution >= 4 is 10.1 Å². The summed E-state index contributed by atoms with van der Waals surface area (Å²) in [5, 5.41) is 0. The van der Waals surface area contributed by atoms with Crippen molar-refractivity contribution in [3.05, 3.63) is 0 Å². The molecule has 0 aliphatic carbocycles. The van der Waals surface area contributed by atoms with Crippen molar-refractivity contribution in [2.24, 2.45) is 0 Å². The minimum atomic E-state index is -4.09. The SMILES string of the molecule is CC(C)(C)S(=O)(=O)[O-].C[N+](C)(C)C. The molecule has 0 unspecified atom stereocenters. The third-order valence-corrected chi connectivity index (χ3v) is 2.25. The van der Waals surface area contributed by atoms with Gasteiger partial charge in [-0.1, -0.05) is 0 Å². The van der Waals surface area contributed by atoms with Crippen LogP contribution in [-0.4, -0.2) is 50.4 Å². The highest BCUT2D eigenvalue weighted by Crippen LogP contribution is 2.11. The normalized spacial score (nSPS) is 13.2. The predicted octanol–water partition coefficient (Wildman–Crippen LogP) is 0.653. The summed E-state index contributed by atoms with van der Waals surface area (Å²) in [6.07, 6.45) is 0. The lowest BCUT2D eigenvalue weighted by Gasteiger charge is -2.22. The fraction of sp³-hybridized carbons (Fsp3) is 1.00. The summed E-state index contributed by atoms with van der Waals surface area (Å²) in [4.78, 5) is 0. The highest BCUT2D eigenvalue weighted by atomic mass is 32.2. The van der Waals surface area contributed by atoms with Crippen LogP contribution in [0, 0.1) is 0 Å². The van der Waals surface area contributed by atoms with Gasteiger partial charge in [-0.2, -0.15) is 0 Å². The average Bonchev–Trinajstić information content (AvgIpc) is 1.50. The Labute approximate surface area is 81.9 Å². The van der Waals surface area contributed by atoms with Crippen LogP contribution >= 0.6 is 0 Å². The molecule has 0 aromatic carbocycles. The molecule has 0 amide bonds. The summed E-state index contributed by atoms with van der Waals surface area (Å²) in [6, 6.07) is 0. The van der Waals surface area contributed by atoms with Gasteiger partial charge in [-0.25, -0.2) is 8.42 Å². The molecule has 0 N–H and O–H groups in total. The van der Waals surface area contributed by atoms with Crippen LogP contribution in [0.25, 0.3) is 0 Å². The van der Waals surface area contributed by atoms with Crippen molar-refractivity contribution in [3.8, 4) is 0 Å². The maximum absolute atomic E-state index is 10.1. The molecule has 13 heavy (non-hydrogen) atoms. The number of quaternary nitrogens is 1. The van der Waals surface area contributed by atoms with Crippen LogP contribution in [0.4, 0.5) is 0 Å². The molecule has 0 aliphatic heterocycles. The van der Waals surface area contributed by atoms with Crippen LogP contribution < -0.4 is 0 Å². The van der Waals surface area contributed by atoms with E-state index in [4.69, 9.17) is 0 Å². The van der Waals surface area contributed by atoms with Gasteiger partial charge in [0.15, 0.2) is 0 Å². The Hall–Kier alpha value is -0.130. The Morgan fingerprint density at radius 3 is 1.08 bits per heavy atom. The lowest BCUT2D eigenvalue weighted by molar-refractivity contribution is -0.849. The zero-order valence-corrected chi connectivity index (χ0v) is 10.4. The van der Waals surface area contributed by atoms with E-state index < -0.39 is 14.9 Å². The van der Waals surface area contributed by atoms with Crippen LogP contribution in [0.5, 0.6) is 0 Å². The first kappa shape index (κ1) is 15.3. The van der Waals surface area contributed by atoms with Gasteiger partial charge in [-0.05, 0) is 20.8 Å². The molecule has 5 heteroatoms. The molecule has 0 aromatic rings. The molecule has 0 atom stereocenters. The molecule has 0 bridgehead atoms. The monoisotopic (exact) mass is 211 g/mol. The number of nitrogens with zero attached hydrogens (tertiary/aromatic N) is 1. The number of rotatable bonds is 0. The van der Waals surface area contributed by atoms with E-state index in [2.05, 4.69) is 28.2 Å². The van der Waals surface area contributed by atoms with Gasteiger partial charge in [0.05, 0.1) is 43.1 Å². The van der Waals surface area contributed by atoms with Crippen molar-refractivity contribution < 1.29 is 17.5 Å². The maximum atomic E-state index is 10.1. The predicted molar refractivity (Wildman–Crippen MR) is 53.4 cm³/mol. The molecule has 0 saturated carbocycles. The molecule has 0 aliphatic rings. The quantitative estimate of drug-likeness (QED) is 0.437. The maximum Gasteiger partial charge on any atom is 0.0996 e. The highest BCUT2D eigenvalue weighted by Gasteiger charge is 2.17. The summed E-state index contributed by atoms with van der Waals surface area (Å²) in [5.74, 6) is 0. The summed E-state index contributed by atoms with van der Waals surface area (Å²) in [5.41, 5.74) is 0. The highest BCUT2D eigenvalue weighted by molar-refractivity contribution is 7.87. The van der Waals surface area contributed by atoms with Gasteiger partial charge in [0.1, 0.15) is 0 Å². The van der Waals surface area contributed by atoms with Gasteiger partial charge < -0.3 is 9.04 Å². The molecule has 4 nitrogen and oxygen atoms in total. The minimum Gasteiger partial charge on any atom is -0.748 e. The third-order valence-electron chi connectivity index (χ3n) is 0.750. The van der Waals surface area contributed by atoms with Crippen molar-refractivity contribution in [2.75, 3.05) is 28.2 Å². The fourth-order valence-corrected chi connectivity index (χ4v) is 0. The van der Waals surface area contributed by atoms with Gasteiger partial charge >= 0.3 is 0 Å². The van der Waals surface area contributed by atoms with Crippen molar-refractivity contribution in [3.63, 3.8) is 0 Å². The van der Waals surface area contributed by atoms with Crippen LogP contribution in [-0.2, 0) is 10.1 Å². The van der Waals surface area contributed by atoms with Gasteiger partial charge in [-0.15, -0.1) is 0 Å². The number of hydrogen-bond donors (Lipinski definition) is 0. The first-order valence-corrected chi connectivity index (χ1v) is 5.40. The summed E-state index contributed by atoms with van der Waals surface area (Å²) >= 11 is 0. The van der Waals surface area contributed by atoms with Crippen molar-refractivity contribution in [1.29, 1.82) is 0 Å². The lowest BCUT2D eigenvalue weighted by Crippen LogP contribution is -2.27. The zero-order chi connectivity index (χ0) is 11.5. The molecule has 0 aromatic heterocycles. The smallest absolute Gasteiger partial charge is 0.0996 e. The van der Waals surface area contributed by atoms with Crippen LogP contribution in [0.3, 0.4) is 0 Å². The molecule has 0 fully saturated rings. The topological polar surface area (TPSA) is 57.2 Å². The van der Waals surface area contributed by atoms with E-state index >= 15 is 0 Å². The van der Waals surface area contributed by atoms with Gasteiger partial charge in [0, 0.05) is 0 Å². The van der Waals surface area contributed by atoms with E-state index in [1.807, 2.05) is 0 Å². The molecule has 0 rings (SSSR count). The van der Waals surface area contributed by atoms with E-state index in [1.165, 1.54) is 20.8 Å². The fourth-order valence-electron chi connectivity index (χ4n) is 0. The summed E-state index contributed by atoms with van der Waals surface area (Å²) in [6.45, 7) is 4.11. The Bertz CT molecular complexity index is 225. The van der Waals surface area contributed by atoms with Crippen LogP contribution in [0.15, 0.2) is 0 Å². The Morgan fingerprint density at radius 1 is 1.00 bits per heavy atom. The zero-order valence-electron chi connectivity index (χ0n) is 9.58. The minimum absolute atomic E-state index is 1.00. The molecular formula is C8H21NO3S. The Kier molecular flexibility index (Phi) is 5.18. The van der Waals surface area contributed by atoms with E-state index in [9.17, 15) is 13.0 Å². The molecule has 0 radical (unpaired) electrons. The average molecular weight is 211 g/mol. The lowest BCUT2D eigenvalue weighted by atomic mass is 10.3. The van der Waals surface area contributed by atoms with Crippen LogP contribution in [0.1, 0.15) is 20.8 Å². The summed E-state index contributed by atoms with van der Waals surface area (Å²) in [7, 11) is 4.41. The van der Waals surface area contributed by atoms with E-state index in [-0.39, 0.29) is 0 Å². The Balaban J connectivity index is 0. The Morgan fingerprint density at radius 2 is 1.08 bits per heavy atom. The van der Waals surface area contributed by atoms with E-state index in [0.29, 0.717) is 0 Å². The second-order valence-corrected chi connectivity index (χ2v) is 7.38. The summed E-state index contributed by atoms with van der Waals surface area (Å²) < 4.78 is 30.1. The second-order valence-electron chi connectivity index (χ2n) is 5.25. The van der Waals surface area contributed by atoms with Gasteiger partial charge in [0.2, 0.25) is 0 Å². The molecular weight excluding hydrogens is 190 g/mol. The largest absolute Gasteiger partial charge is 0.748 e. The van der Waals surface area contributed by atoms with Gasteiger partial charge in [0.25, 0.3) is 0 Å². The number of hydrogen-bond acceptors (Lipinski definition) is 3. The van der Waals surface area contributed by atoms with Crippen molar-refractivity contribution in [2.45, 2.75) is 25.5 Å². The van der Waals surface area contributed by atoms with Gasteiger partial charge in [-0.3, -0.25) is 0 Å². The molecule has 0 spiro atoms. The van der Waals surface area contributed by atoms with Crippen LogP contribution in [0.2, 0.25) is 0 Å². The third kappa shape index (κ3) is 14.7. The first-order chi connectivity index (χ1) is 5.25. The standard InChI is InChI=1S/C4H12N.C4H10O3S/c1-5(2,3)4;1-4(2,3)8(5,6)7/h1-4H3;1-3H3,(H,5,6,7)/q+1;/p-1. The molecule has 0 saturated heterocycles. The van der Waals surface area contributed by atoms with E-state index in [1.54, 1.807) is 0 Å². The first-order valence-electron chi connectivity index (χ1n) is 3.99. The molecule has 82 valence electrons. The second kappa shape index (κ2) is 4.39. The van der Waals surface area contributed by atoms with E-state index in [0.717, 1.165) is 4.48 Å².